The fraction of sp³-hybridized carbons (Fsp3) is 0.677. The number of carbonyl (C=O) groups excluding carboxylic acids is 2. The van der Waals surface area contributed by atoms with Crippen molar-refractivity contribution in [2.45, 2.75) is 121 Å². The molecule has 0 spiro atoms. The highest BCUT2D eigenvalue weighted by Gasteiger charge is 2.39. The zero-order chi connectivity index (χ0) is 27.5. The van der Waals surface area contributed by atoms with Gasteiger partial charge in [-0.15, -0.1) is 0 Å². The standard InChI is InChI=1S/C31H44N4O4/c1-21-17-18-24(34(21)23-12-7-5-4-6-8-13-23)20-22(2)35-26-15-10-9-14-25(26)32-28(30(35)37)29(36)33-19-11-16-27(33)31(38)39-3/h9-10,14-15,21-24,27H,4-8,11-13,16-20H2,1-3H3/t21-,22-,24-,27?/m0/s1. The molecule has 1 saturated carbocycles. The van der Waals surface area contributed by atoms with E-state index in [1.165, 1.54) is 63.4 Å². The predicted octanol–water partition coefficient (Wildman–Crippen LogP) is 5.09. The highest BCUT2D eigenvalue weighted by Crippen LogP contribution is 2.36. The van der Waals surface area contributed by atoms with Crippen LogP contribution in [0.15, 0.2) is 29.1 Å². The molecule has 1 aromatic heterocycles. The van der Waals surface area contributed by atoms with Gasteiger partial charge in [0, 0.05) is 30.7 Å². The second-order valence-electron chi connectivity index (χ2n) is 11.9. The molecular weight excluding hydrogens is 492 g/mol. The van der Waals surface area contributed by atoms with Crippen molar-refractivity contribution >= 4 is 22.9 Å². The first-order chi connectivity index (χ1) is 18.9. The summed E-state index contributed by atoms with van der Waals surface area (Å²) in [5, 5.41) is 0. The number of nitrogens with zero attached hydrogens (tertiary/aromatic N) is 4. The molecular formula is C31H44N4O4. The van der Waals surface area contributed by atoms with Crippen molar-refractivity contribution < 1.29 is 14.3 Å². The van der Waals surface area contributed by atoms with Gasteiger partial charge in [-0.25, -0.2) is 9.78 Å². The summed E-state index contributed by atoms with van der Waals surface area (Å²) >= 11 is 0. The van der Waals surface area contributed by atoms with E-state index in [2.05, 4.69) is 23.7 Å². The molecule has 1 aliphatic carbocycles. The van der Waals surface area contributed by atoms with Gasteiger partial charge >= 0.3 is 5.97 Å². The number of ether oxygens (including phenoxy) is 1. The third kappa shape index (κ3) is 5.63. The number of hydrogen-bond acceptors (Lipinski definition) is 6. The topological polar surface area (TPSA) is 84.7 Å². The van der Waals surface area contributed by atoms with E-state index in [-0.39, 0.29) is 17.3 Å². The Hall–Kier alpha value is -2.74. The lowest BCUT2D eigenvalue weighted by Crippen LogP contribution is -2.46. The van der Waals surface area contributed by atoms with E-state index in [0.717, 1.165) is 18.4 Å². The number of carbonyl (C=O) groups is 2. The van der Waals surface area contributed by atoms with E-state index < -0.39 is 17.9 Å². The zero-order valence-electron chi connectivity index (χ0n) is 23.8. The Labute approximate surface area is 231 Å². The van der Waals surface area contributed by atoms with Crippen LogP contribution in [-0.2, 0) is 9.53 Å². The third-order valence-electron chi connectivity index (χ3n) is 9.38. The van der Waals surface area contributed by atoms with Crippen LogP contribution in [0.3, 0.4) is 0 Å². The van der Waals surface area contributed by atoms with Crippen molar-refractivity contribution in [1.29, 1.82) is 0 Å². The van der Waals surface area contributed by atoms with Crippen molar-refractivity contribution in [3.63, 3.8) is 0 Å². The van der Waals surface area contributed by atoms with Crippen LogP contribution in [0.25, 0.3) is 11.0 Å². The second kappa shape index (κ2) is 12.2. The van der Waals surface area contributed by atoms with Crippen LogP contribution in [0.4, 0.5) is 0 Å². The molecule has 2 aliphatic heterocycles. The molecule has 3 heterocycles. The lowest BCUT2D eigenvalue weighted by atomic mass is 9.94. The predicted molar refractivity (Wildman–Crippen MR) is 152 cm³/mol. The van der Waals surface area contributed by atoms with Crippen LogP contribution in [-0.4, -0.2) is 69.0 Å². The molecule has 0 radical (unpaired) electrons. The molecule has 0 bridgehead atoms. The summed E-state index contributed by atoms with van der Waals surface area (Å²) in [7, 11) is 1.33. The molecule has 8 nitrogen and oxygen atoms in total. The Bertz CT molecular complexity index is 1230. The average molecular weight is 537 g/mol. The van der Waals surface area contributed by atoms with Crippen molar-refractivity contribution in [2.75, 3.05) is 13.7 Å². The molecule has 2 aromatic rings. The minimum Gasteiger partial charge on any atom is -0.467 e. The first kappa shape index (κ1) is 27.8. The molecule has 1 unspecified atom stereocenters. The summed E-state index contributed by atoms with van der Waals surface area (Å²) in [6.45, 7) is 4.88. The van der Waals surface area contributed by atoms with Crippen LogP contribution in [0.2, 0.25) is 0 Å². The molecule has 8 heteroatoms. The van der Waals surface area contributed by atoms with Gasteiger partial charge in [0.05, 0.1) is 18.1 Å². The van der Waals surface area contributed by atoms with E-state index in [1.54, 1.807) is 4.57 Å². The fourth-order valence-corrected chi connectivity index (χ4v) is 7.48. The molecule has 2 saturated heterocycles. The molecule has 5 rings (SSSR count). The van der Waals surface area contributed by atoms with Gasteiger partial charge in [-0.05, 0) is 70.9 Å². The number of rotatable bonds is 6. The van der Waals surface area contributed by atoms with E-state index >= 15 is 0 Å². The summed E-state index contributed by atoms with van der Waals surface area (Å²) < 4.78 is 6.72. The number of likely N-dealkylation sites (tertiary alicyclic amines) is 2. The minimum absolute atomic E-state index is 0.0988. The first-order valence-electron chi connectivity index (χ1n) is 15.1. The number of para-hydroxylation sites is 2. The molecule has 3 fully saturated rings. The van der Waals surface area contributed by atoms with Gasteiger partial charge in [0.1, 0.15) is 6.04 Å². The number of amides is 1. The monoisotopic (exact) mass is 536 g/mol. The van der Waals surface area contributed by atoms with Crippen LogP contribution >= 0.6 is 0 Å². The van der Waals surface area contributed by atoms with Gasteiger partial charge < -0.3 is 14.2 Å². The minimum atomic E-state index is -0.668. The van der Waals surface area contributed by atoms with Crippen LogP contribution in [0, 0.1) is 0 Å². The Balaban J connectivity index is 1.46. The lowest BCUT2D eigenvalue weighted by molar-refractivity contribution is -0.145. The molecule has 3 aliphatic rings. The molecule has 4 atom stereocenters. The normalized spacial score (nSPS) is 25.9. The highest BCUT2D eigenvalue weighted by molar-refractivity contribution is 5.96. The van der Waals surface area contributed by atoms with Gasteiger partial charge in [-0.3, -0.25) is 14.5 Å². The van der Waals surface area contributed by atoms with Gasteiger partial charge in [-0.2, -0.15) is 0 Å². The van der Waals surface area contributed by atoms with Crippen molar-refractivity contribution in [3.8, 4) is 0 Å². The number of hydrogen-bond donors (Lipinski definition) is 0. The fourth-order valence-electron chi connectivity index (χ4n) is 7.48. The average Bonchev–Trinajstić information content (AvgIpc) is 3.54. The van der Waals surface area contributed by atoms with Crippen LogP contribution < -0.4 is 5.56 Å². The molecule has 0 N–H and O–H groups in total. The summed E-state index contributed by atoms with van der Waals surface area (Å²) in [4.78, 5) is 48.8. The maximum atomic E-state index is 14.0. The SMILES string of the molecule is COC(=O)C1CCCN1C(=O)c1nc2ccccc2n([C@@H](C)C[C@@H]2CC[C@H](C)N2C2CCCCCCC2)c1=O. The number of benzene rings is 1. The maximum absolute atomic E-state index is 14.0. The number of methoxy groups -OCH3 is 1. The molecule has 212 valence electrons. The smallest absolute Gasteiger partial charge is 0.328 e. The van der Waals surface area contributed by atoms with E-state index in [1.807, 2.05) is 24.3 Å². The summed E-state index contributed by atoms with van der Waals surface area (Å²) in [6, 6.07) is 8.40. The summed E-state index contributed by atoms with van der Waals surface area (Å²) in [5.41, 5.74) is 0.900. The number of aromatic nitrogens is 2. The molecule has 1 aromatic carbocycles. The van der Waals surface area contributed by atoms with Gasteiger partial charge in [0.2, 0.25) is 0 Å². The maximum Gasteiger partial charge on any atom is 0.328 e. The molecule has 1 amide bonds. The number of esters is 1. The van der Waals surface area contributed by atoms with E-state index in [0.29, 0.717) is 43.0 Å². The lowest BCUT2D eigenvalue weighted by Gasteiger charge is -2.38. The second-order valence-corrected chi connectivity index (χ2v) is 11.9. The van der Waals surface area contributed by atoms with Crippen LogP contribution in [0.1, 0.15) is 107 Å². The highest BCUT2D eigenvalue weighted by atomic mass is 16.5. The van der Waals surface area contributed by atoms with Crippen LogP contribution in [0.5, 0.6) is 0 Å². The summed E-state index contributed by atoms with van der Waals surface area (Å²) in [5.74, 6) is -0.926. The summed E-state index contributed by atoms with van der Waals surface area (Å²) in [6.07, 6.45) is 13.6. The Morgan fingerprint density at radius 3 is 2.46 bits per heavy atom. The molecule has 39 heavy (non-hydrogen) atoms. The Kier molecular flexibility index (Phi) is 8.70. The van der Waals surface area contributed by atoms with Gasteiger partial charge in [-0.1, -0.05) is 44.2 Å². The third-order valence-corrected chi connectivity index (χ3v) is 9.38. The zero-order valence-corrected chi connectivity index (χ0v) is 23.8. The van der Waals surface area contributed by atoms with Gasteiger partial charge in [0.15, 0.2) is 5.69 Å². The largest absolute Gasteiger partial charge is 0.467 e. The van der Waals surface area contributed by atoms with Gasteiger partial charge in [0.25, 0.3) is 11.5 Å². The number of fused-ring (bicyclic) bond motifs is 1. The van der Waals surface area contributed by atoms with E-state index in [9.17, 15) is 14.4 Å². The van der Waals surface area contributed by atoms with Crippen molar-refractivity contribution in [3.05, 3.63) is 40.3 Å². The quantitative estimate of drug-likeness (QED) is 0.478. The Morgan fingerprint density at radius 1 is 1.00 bits per heavy atom. The van der Waals surface area contributed by atoms with Crippen molar-refractivity contribution in [2.24, 2.45) is 0 Å². The first-order valence-corrected chi connectivity index (χ1v) is 15.1. The Morgan fingerprint density at radius 2 is 1.72 bits per heavy atom. The van der Waals surface area contributed by atoms with Crippen molar-refractivity contribution in [1.82, 2.24) is 19.4 Å². The van der Waals surface area contributed by atoms with E-state index in [4.69, 9.17) is 4.74 Å².